The number of aromatic nitrogens is 1. The lowest BCUT2D eigenvalue weighted by Crippen LogP contribution is -2.54. The minimum Gasteiger partial charge on any atom is -0.323 e. The molecule has 0 radical (unpaired) electrons. The van der Waals surface area contributed by atoms with Crippen LogP contribution in [0, 0.1) is 17.0 Å². The van der Waals surface area contributed by atoms with E-state index in [-0.39, 0.29) is 16.4 Å². The van der Waals surface area contributed by atoms with Crippen LogP contribution < -0.4 is 10.2 Å². The van der Waals surface area contributed by atoms with Crippen LogP contribution in [0.1, 0.15) is 11.1 Å². The Morgan fingerprint density at radius 1 is 1.06 bits per heavy atom. The first-order valence-corrected chi connectivity index (χ1v) is 9.65. The molecule has 3 aromatic rings. The lowest BCUT2D eigenvalue weighted by atomic mass is 10.1. The van der Waals surface area contributed by atoms with Crippen LogP contribution in [0.5, 0.6) is 0 Å². The first kappa shape index (κ1) is 20.2. The molecule has 0 bridgehead atoms. The number of nitrogens with zero attached hydrogens (tertiary/aromatic N) is 3. The highest BCUT2D eigenvalue weighted by Crippen LogP contribution is 2.23. The number of benzene rings is 2. The normalized spacial score (nSPS) is 15.3. The van der Waals surface area contributed by atoms with Crippen molar-refractivity contribution in [2.45, 2.75) is 6.92 Å². The van der Waals surface area contributed by atoms with Crippen LogP contribution in [0.2, 0.25) is 0 Å². The zero-order valence-electron chi connectivity index (χ0n) is 16.3. The molecular weight excluding hydrogens is 416 g/mol. The molecule has 2 aromatic carbocycles. The maximum absolute atomic E-state index is 13.1. The molecule has 1 aromatic heterocycles. The maximum atomic E-state index is 13.1. The van der Waals surface area contributed by atoms with Gasteiger partial charge in [-0.15, -0.1) is 0 Å². The van der Waals surface area contributed by atoms with E-state index in [4.69, 9.17) is 12.2 Å². The highest BCUT2D eigenvalue weighted by Gasteiger charge is 2.34. The molecule has 0 unspecified atom stereocenters. The topological polar surface area (TPSA) is 97.5 Å². The highest BCUT2D eigenvalue weighted by atomic mass is 32.1. The SMILES string of the molecule is Cc1cccc(N2C(=O)/C(=C\c3ccn(-c4ccc([N+](=O)[O-])cc4)c3)C(=O)NC2=S)c1. The van der Waals surface area contributed by atoms with Crippen molar-refractivity contribution >= 4 is 46.6 Å². The van der Waals surface area contributed by atoms with Gasteiger partial charge in [-0.3, -0.25) is 29.9 Å². The third-order valence-corrected chi connectivity index (χ3v) is 5.03. The van der Waals surface area contributed by atoms with Gasteiger partial charge in [-0.25, -0.2) is 0 Å². The van der Waals surface area contributed by atoms with Gasteiger partial charge in [-0.05, 0) is 66.7 Å². The van der Waals surface area contributed by atoms with E-state index in [0.717, 1.165) is 5.56 Å². The van der Waals surface area contributed by atoms with Crippen molar-refractivity contribution in [3.8, 4) is 5.69 Å². The number of aryl methyl sites for hydroxylation is 1. The van der Waals surface area contributed by atoms with Gasteiger partial charge in [0.25, 0.3) is 17.5 Å². The Morgan fingerprint density at radius 2 is 1.81 bits per heavy atom. The summed E-state index contributed by atoms with van der Waals surface area (Å²) < 4.78 is 1.74. The van der Waals surface area contributed by atoms with Gasteiger partial charge in [-0.2, -0.15) is 0 Å². The van der Waals surface area contributed by atoms with Crippen molar-refractivity contribution in [2.75, 3.05) is 4.90 Å². The van der Waals surface area contributed by atoms with Gasteiger partial charge in [0.1, 0.15) is 5.57 Å². The number of thiocarbonyl (C=S) groups is 1. The molecular formula is C22H16N4O4S. The Bertz CT molecular complexity index is 1260. The van der Waals surface area contributed by atoms with Crippen LogP contribution in [-0.4, -0.2) is 26.4 Å². The molecule has 8 nitrogen and oxygen atoms in total. The van der Waals surface area contributed by atoms with Gasteiger partial charge in [0.05, 0.1) is 10.6 Å². The summed E-state index contributed by atoms with van der Waals surface area (Å²) in [6.45, 7) is 1.90. The Balaban J connectivity index is 1.64. The zero-order valence-corrected chi connectivity index (χ0v) is 17.1. The van der Waals surface area contributed by atoms with Gasteiger partial charge in [0.15, 0.2) is 5.11 Å². The van der Waals surface area contributed by atoms with Crippen LogP contribution in [0.4, 0.5) is 11.4 Å². The fraction of sp³-hybridized carbons (Fsp3) is 0.0455. The number of nitro benzene ring substituents is 1. The summed E-state index contributed by atoms with van der Waals surface area (Å²) >= 11 is 5.21. The van der Waals surface area contributed by atoms with Crippen LogP contribution in [-0.2, 0) is 9.59 Å². The van der Waals surface area contributed by atoms with Crippen molar-refractivity contribution in [3.05, 3.63) is 93.8 Å². The van der Waals surface area contributed by atoms with Gasteiger partial charge < -0.3 is 4.57 Å². The lowest BCUT2D eigenvalue weighted by Gasteiger charge is -2.29. The molecule has 1 N–H and O–H groups in total. The van der Waals surface area contributed by atoms with Crippen molar-refractivity contribution in [1.29, 1.82) is 0 Å². The summed E-state index contributed by atoms with van der Waals surface area (Å²) in [6, 6.07) is 15.1. The molecule has 31 heavy (non-hydrogen) atoms. The summed E-state index contributed by atoms with van der Waals surface area (Å²) in [5.41, 5.74) is 2.80. The summed E-state index contributed by atoms with van der Waals surface area (Å²) in [5.74, 6) is -1.08. The molecule has 4 rings (SSSR count). The number of hydrogen-bond donors (Lipinski definition) is 1. The third-order valence-electron chi connectivity index (χ3n) is 4.75. The number of anilines is 1. The molecule has 1 fully saturated rings. The summed E-state index contributed by atoms with van der Waals surface area (Å²) in [4.78, 5) is 37.2. The third kappa shape index (κ3) is 3.99. The lowest BCUT2D eigenvalue weighted by molar-refractivity contribution is -0.384. The number of carbonyl (C=O) groups is 2. The van der Waals surface area contributed by atoms with Crippen LogP contribution in [0.15, 0.2) is 72.6 Å². The number of rotatable bonds is 4. The molecule has 9 heteroatoms. The first-order valence-electron chi connectivity index (χ1n) is 9.24. The van der Waals surface area contributed by atoms with E-state index >= 15 is 0 Å². The number of amides is 2. The molecule has 1 aliphatic heterocycles. The number of hydrogen-bond acceptors (Lipinski definition) is 5. The van der Waals surface area contributed by atoms with Gasteiger partial charge in [0.2, 0.25) is 0 Å². The number of non-ortho nitro benzene ring substituents is 1. The summed E-state index contributed by atoms with van der Waals surface area (Å²) in [6.07, 6.45) is 4.95. The van der Waals surface area contributed by atoms with E-state index in [2.05, 4.69) is 5.32 Å². The predicted molar refractivity (Wildman–Crippen MR) is 120 cm³/mol. The molecule has 0 saturated carbocycles. The highest BCUT2D eigenvalue weighted by molar-refractivity contribution is 7.80. The van der Waals surface area contributed by atoms with Gasteiger partial charge in [0, 0.05) is 30.2 Å². The largest absolute Gasteiger partial charge is 0.323 e. The number of nitrogens with one attached hydrogen (secondary N) is 1. The average molecular weight is 432 g/mol. The van der Waals surface area contributed by atoms with E-state index in [9.17, 15) is 19.7 Å². The molecule has 2 heterocycles. The number of carbonyl (C=O) groups excluding carboxylic acids is 2. The molecule has 1 aliphatic rings. The molecule has 0 spiro atoms. The second-order valence-electron chi connectivity index (χ2n) is 6.92. The van der Waals surface area contributed by atoms with Crippen LogP contribution >= 0.6 is 12.2 Å². The van der Waals surface area contributed by atoms with E-state index in [0.29, 0.717) is 16.9 Å². The standard InChI is InChI=1S/C22H16N4O4S/c1-14-3-2-4-18(11-14)25-21(28)19(20(27)23-22(25)31)12-15-9-10-24(13-15)16-5-7-17(8-6-16)26(29)30/h2-13H,1H3,(H,23,27,31)/b19-12-. The van der Waals surface area contributed by atoms with Crippen LogP contribution in [0.3, 0.4) is 0 Å². The fourth-order valence-corrected chi connectivity index (χ4v) is 3.51. The Hall–Kier alpha value is -4.11. The molecule has 2 amide bonds. The minimum absolute atomic E-state index is 0.00469. The summed E-state index contributed by atoms with van der Waals surface area (Å²) in [7, 11) is 0. The molecule has 0 aliphatic carbocycles. The van der Waals surface area contributed by atoms with E-state index < -0.39 is 16.7 Å². The average Bonchev–Trinajstić information content (AvgIpc) is 3.20. The zero-order chi connectivity index (χ0) is 22.1. The minimum atomic E-state index is -0.568. The Kier molecular flexibility index (Phi) is 5.18. The smallest absolute Gasteiger partial charge is 0.270 e. The second-order valence-corrected chi connectivity index (χ2v) is 7.31. The molecule has 1 saturated heterocycles. The van der Waals surface area contributed by atoms with Crippen molar-refractivity contribution in [2.24, 2.45) is 0 Å². The van der Waals surface area contributed by atoms with Crippen molar-refractivity contribution in [3.63, 3.8) is 0 Å². The van der Waals surface area contributed by atoms with Gasteiger partial charge in [-0.1, -0.05) is 12.1 Å². The molecule has 0 atom stereocenters. The molecule has 154 valence electrons. The van der Waals surface area contributed by atoms with E-state index in [1.54, 1.807) is 41.2 Å². The number of nitro groups is 1. The quantitative estimate of drug-likeness (QED) is 0.224. The Morgan fingerprint density at radius 3 is 2.48 bits per heavy atom. The van der Waals surface area contributed by atoms with Crippen molar-refractivity contribution in [1.82, 2.24) is 9.88 Å². The second kappa shape index (κ2) is 7.96. The predicted octanol–water partition coefficient (Wildman–Crippen LogP) is 3.53. The van der Waals surface area contributed by atoms with Gasteiger partial charge >= 0.3 is 0 Å². The van der Waals surface area contributed by atoms with Crippen molar-refractivity contribution < 1.29 is 14.5 Å². The fourth-order valence-electron chi connectivity index (χ4n) is 3.23. The van der Waals surface area contributed by atoms with E-state index in [1.807, 2.05) is 25.1 Å². The summed E-state index contributed by atoms with van der Waals surface area (Å²) in [5, 5.41) is 13.4. The first-order chi connectivity index (χ1) is 14.8. The maximum Gasteiger partial charge on any atom is 0.270 e. The van der Waals surface area contributed by atoms with E-state index in [1.165, 1.54) is 23.1 Å². The van der Waals surface area contributed by atoms with Crippen LogP contribution in [0.25, 0.3) is 11.8 Å². The monoisotopic (exact) mass is 432 g/mol. The Labute approximate surface area is 182 Å².